The summed E-state index contributed by atoms with van der Waals surface area (Å²) in [6, 6.07) is 0. The Morgan fingerprint density at radius 1 is 1.69 bits per heavy atom. The number of hydrazone groups is 1. The van der Waals surface area contributed by atoms with Crippen molar-refractivity contribution in [1.82, 2.24) is 15.6 Å². The van der Waals surface area contributed by atoms with Crippen molar-refractivity contribution < 1.29 is 0 Å². The summed E-state index contributed by atoms with van der Waals surface area (Å²) in [4.78, 5) is 2.24. The van der Waals surface area contributed by atoms with Gasteiger partial charge in [-0.15, -0.1) is 0 Å². The molecule has 0 saturated carbocycles. The van der Waals surface area contributed by atoms with Gasteiger partial charge in [0.05, 0.1) is 5.71 Å². The summed E-state index contributed by atoms with van der Waals surface area (Å²) in [5, 5.41) is 7.63. The van der Waals surface area contributed by atoms with Gasteiger partial charge in [0.15, 0.2) is 5.11 Å². The van der Waals surface area contributed by atoms with Gasteiger partial charge in [0.25, 0.3) is 0 Å². The van der Waals surface area contributed by atoms with Crippen LogP contribution in [0.1, 0.15) is 6.92 Å². The fraction of sp³-hybridized carbons (Fsp3) is 0.750. The second-order valence-corrected chi connectivity index (χ2v) is 3.80. The first-order valence-corrected chi connectivity index (χ1v) is 4.77. The highest BCUT2D eigenvalue weighted by Crippen LogP contribution is 2.10. The zero-order valence-electron chi connectivity index (χ0n) is 8.29. The molecule has 0 aliphatic carbocycles. The highest BCUT2D eigenvalue weighted by atomic mass is 32.1. The van der Waals surface area contributed by atoms with Crippen LogP contribution in [-0.2, 0) is 0 Å². The van der Waals surface area contributed by atoms with E-state index < -0.39 is 0 Å². The van der Waals surface area contributed by atoms with Gasteiger partial charge in [-0.25, -0.2) is 0 Å². The molecule has 1 atom stereocenters. The summed E-state index contributed by atoms with van der Waals surface area (Å²) in [5.74, 6) is 0.525. The number of thiocarbonyl (C=S) groups is 1. The van der Waals surface area contributed by atoms with Gasteiger partial charge in [-0.3, -0.25) is 5.43 Å². The Labute approximate surface area is 84.4 Å². The van der Waals surface area contributed by atoms with Gasteiger partial charge in [0.1, 0.15) is 0 Å². The molecule has 2 N–H and O–H groups in total. The lowest BCUT2D eigenvalue weighted by molar-refractivity contribution is 0.403. The molecule has 1 fully saturated rings. The first kappa shape index (κ1) is 10.4. The van der Waals surface area contributed by atoms with Crippen LogP contribution >= 0.6 is 12.2 Å². The van der Waals surface area contributed by atoms with Crippen molar-refractivity contribution in [1.29, 1.82) is 0 Å². The van der Waals surface area contributed by atoms with Crippen molar-refractivity contribution in [2.45, 2.75) is 6.92 Å². The van der Waals surface area contributed by atoms with E-state index in [2.05, 4.69) is 34.7 Å². The van der Waals surface area contributed by atoms with E-state index in [0.717, 1.165) is 13.1 Å². The predicted octanol–water partition coefficient (Wildman–Crippen LogP) is 0.0178. The predicted molar refractivity (Wildman–Crippen MR) is 58.9 cm³/mol. The third-order valence-corrected chi connectivity index (χ3v) is 2.41. The average molecular weight is 200 g/mol. The molecule has 1 unspecified atom stereocenters. The van der Waals surface area contributed by atoms with Crippen molar-refractivity contribution >= 4 is 23.0 Å². The van der Waals surface area contributed by atoms with Gasteiger partial charge < -0.3 is 10.2 Å². The first-order chi connectivity index (χ1) is 6.13. The average Bonchev–Trinajstić information content (AvgIpc) is 2.41. The van der Waals surface area contributed by atoms with Gasteiger partial charge in [-0.1, -0.05) is 6.92 Å². The molecular weight excluding hydrogens is 184 g/mol. The molecule has 0 amide bonds. The second kappa shape index (κ2) is 4.53. The van der Waals surface area contributed by atoms with Gasteiger partial charge in [0.2, 0.25) is 0 Å². The number of likely N-dealkylation sites (tertiary alicyclic amines) is 1. The Kier molecular flexibility index (Phi) is 3.62. The molecule has 1 aliphatic rings. The number of hydrogen-bond donors (Lipinski definition) is 2. The molecule has 5 heteroatoms. The van der Waals surface area contributed by atoms with E-state index in [0.29, 0.717) is 11.0 Å². The molecular formula is C8H16N4S. The zero-order chi connectivity index (χ0) is 9.84. The molecule has 0 aromatic heterocycles. The SMILES string of the molecule is CNC(=S)N/N=C1/CN(C)CC1C. The molecule has 4 nitrogen and oxygen atoms in total. The lowest BCUT2D eigenvalue weighted by Gasteiger charge is -2.04. The van der Waals surface area contributed by atoms with Gasteiger partial charge in [-0.2, -0.15) is 5.10 Å². The van der Waals surface area contributed by atoms with E-state index in [1.54, 1.807) is 7.05 Å². The molecule has 0 radical (unpaired) electrons. The minimum Gasteiger partial charge on any atom is -0.364 e. The topological polar surface area (TPSA) is 39.7 Å². The normalized spacial score (nSPS) is 26.4. The maximum atomic E-state index is 4.92. The lowest BCUT2D eigenvalue weighted by Crippen LogP contribution is -2.30. The Hall–Kier alpha value is -0.680. The lowest BCUT2D eigenvalue weighted by atomic mass is 10.1. The minimum atomic E-state index is 0.525. The van der Waals surface area contributed by atoms with E-state index in [1.807, 2.05) is 0 Å². The highest BCUT2D eigenvalue weighted by molar-refractivity contribution is 7.80. The maximum absolute atomic E-state index is 4.92. The van der Waals surface area contributed by atoms with Crippen LogP contribution < -0.4 is 10.7 Å². The summed E-state index contributed by atoms with van der Waals surface area (Å²) in [6.45, 7) is 4.18. The molecule has 74 valence electrons. The largest absolute Gasteiger partial charge is 0.364 e. The van der Waals surface area contributed by atoms with E-state index in [1.165, 1.54) is 5.71 Å². The van der Waals surface area contributed by atoms with Crippen LogP contribution in [0.3, 0.4) is 0 Å². The van der Waals surface area contributed by atoms with Gasteiger partial charge in [-0.05, 0) is 19.3 Å². The third kappa shape index (κ3) is 2.93. The summed E-state index contributed by atoms with van der Waals surface area (Å²) < 4.78 is 0. The third-order valence-electron chi connectivity index (χ3n) is 2.11. The van der Waals surface area contributed by atoms with Gasteiger partial charge in [0, 0.05) is 26.1 Å². The number of hydrogen-bond acceptors (Lipinski definition) is 3. The van der Waals surface area contributed by atoms with Gasteiger partial charge >= 0.3 is 0 Å². The molecule has 0 spiro atoms. The van der Waals surface area contributed by atoms with Crippen molar-refractivity contribution in [3.8, 4) is 0 Å². The molecule has 1 rings (SSSR count). The minimum absolute atomic E-state index is 0.525. The molecule has 0 aromatic rings. The van der Waals surface area contributed by atoms with E-state index in [4.69, 9.17) is 12.2 Å². The zero-order valence-corrected chi connectivity index (χ0v) is 9.11. The van der Waals surface area contributed by atoms with Crippen molar-refractivity contribution in [2.24, 2.45) is 11.0 Å². The van der Waals surface area contributed by atoms with E-state index >= 15 is 0 Å². The van der Waals surface area contributed by atoms with Crippen LogP contribution in [0.15, 0.2) is 5.10 Å². The molecule has 0 aromatic carbocycles. The molecule has 1 heterocycles. The van der Waals surface area contributed by atoms with Crippen molar-refractivity contribution in [2.75, 3.05) is 27.2 Å². The Bertz CT molecular complexity index is 226. The van der Waals surface area contributed by atoms with Crippen LogP contribution in [0.5, 0.6) is 0 Å². The second-order valence-electron chi connectivity index (χ2n) is 3.39. The van der Waals surface area contributed by atoms with E-state index in [-0.39, 0.29) is 0 Å². The highest BCUT2D eigenvalue weighted by Gasteiger charge is 2.22. The van der Waals surface area contributed by atoms with Crippen molar-refractivity contribution in [3.05, 3.63) is 0 Å². The summed E-state index contributed by atoms with van der Waals surface area (Å²) in [7, 11) is 3.87. The smallest absolute Gasteiger partial charge is 0.186 e. The number of nitrogens with zero attached hydrogens (tertiary/aromatic N) is 2. The fourth-order valence-corrected chi connectivity index (χ4v) is 1.44. The summed E-state index contributed by atoms with van der Waals surface area (Å²) in [6.07, 6.45) is 0. The molecule has 1 saturated heterocycles. The molecule has 0 bridgehead atoms. The number of rotatable bonds is 1. The Morgan fingerprint density at radius 2 is 2.38 bits per heavy atom. The van der Waals surface area contributed by atoms with Crippen LogP contribution in [0.25, 0.3) is 0 Å². The Balaban J connectivity index is 2.47. The van der Waals surface area contributed by atoms with Crippen LogP contribution in [0.4, 0.5) is 0 Å². The molecule has 1 aliphatic heterocycles. The molecule has 13 heavy (non-hydrogen) atoms. The maximum Gasteiger partial charge on any atom is 0.186 e. The fourth-order valence-electron chi connectivity index (χ4n) is 1.39. The first-order valence-electron chi connectivity index (χ1n) is 4.36. The summed E-state index contributed by atoms with van der Waals surface area (Å²) >= 11 is 4.92. The summed E-state index contributed by atoms with van der Waals surface area (Å²) in [5.41, 5.74) is 3.97. The standard InChI is InChI=1S/C8H16N4S/c1-6-4-12(3)5-7(6)10-11-8(13)9-2/h6H,4-5H2,1-3H3,(H2,9,11,13)/b10-7-. The van der Waals surface area contributed by atoms with Crippen LogP contribution in [-0.4, -0.2) is 42.9 Å². The quantitative estimate of drug-likeness (QED) is 0.462. The van der Waals surface area contributed by atoms with Crippen molar-refractivity contribution in [3.63, 3.8) is 0 Å². The van der Waals surface area contributed by atoms with Crippen LogP contribution in [0, 0.1) is 5.92 Å². The number of nitrogens with one attached hydrogen (secondary N) is 2. The van der Waals surface area contributed by atoms with Crippen LogP contribution in [0.2, 0.25) is 0 Å². The van der Waals surface area contributed by atoms with E-state index in [9.17, 15) is 0 Å². The monoisotopic (exact) mass is 200 g/mol. The Morgan fingerprint density at radius 3 is 2.85 bits per heavy atom.